The summed E-state index contributed by atoms with van der Waals surface area (Å²) in [5, 5.41) is 13.5. The van der Waals surface area contributed by atoms with Gasteiger partial charge in [0.1, 0.15) is 11.9 Å². The van der Waals surface area contributed by atoms with Crippen molar-refractivity contribution in [2.45, 2.75) is 6.54 Å². The highest BCUT2D eigenvalue weighted by Gasteiger charge is 2.12. The van der Waals surface area contributed by atoms with Crippen molar-refractivity contribution < 1.29 is 13.7 Å². The molecule has 7 heteroatoms. The minimum Gasteiger partial charge on any atom is -0.375 e. The second kappa shape index (κ2) is 5.38. The lowest BCUT2D eigenvalue weighted by molar-refractivity contribution is -0.384. The third-order valence-electron chi connectivity index (χ3n) is 2.46. The number of nitrogens with one attached hydrogen (secondary N) is 1. The van der Waals surface area contributed by atoms with Crippen molar-refractivity contribution in [3.63, 3.8) is 0 Å². The predicted molar refractivity (Wildman–Crippen MR) is 64.6 cm³/mol. The van der Waals surface area contributed by atoms with E-state index in [4.69, 9.17) is 0 Å². The van der Waals surface area contributed by atoms with E-state index in [1.165, 1.54) is 18.3 Å². The normalized spacial score (nSPS) is 10.2. The van der Waals surface area contributed by atoms with E-state index in [1.807, 2.05) is 0 Å². The van der Waals surface area contributed by atoms with Gasteiger partial charge in [0.25, 0.3) is 0 Å². The molecule has 0 amide bonds. The number of nitro groups is 1. The molecular formula is C12H9F2N3O2. The Hall–Kier alpha value is -2.57. The Morgan fingerprint density at radius 3 is 2.74 bits per heavy atom. The number of halogens is 2. The second-order valence-electron chi connectivity index (χ2n) is 3.75. The van der Waals surface area contributed by atoms with E-state index < -0.39 is 16.6 Å². The van der Waals surface area contributed by atoms with E-state index in [-0.39, 0.29) is 17.9 Å². The Labute approximate surface area is 107 Å². The molecule has 0 unspecified atom stereocenters. The lowest BCUT2D eigenvalue weighted by Crippen LogP contribution is -2.03. The molecule has 0 saturated heterocycles. The second-order valence-corrected chi connectivity index (χ2v) is 3.75. The maximum atomic E-state index is 13.0. The smallest absolute Gasteiger partial charge is 0.310 e. The molecule has 0 fully saturated rings. The first kappa shape index (κ1) is 12.9. The van der Waals surface area contributed by atoms with Crippen LogP contribution in [0.15, 0.2) is 36.7 Å². The SMILES string of the molecule is O=[N+]([O-])c1cnccc1NCc1ccc(F)c(F)c1. The first-order chi connectivity index (χ1) is 9.08. The van der Waals surface area contributed by atoms with Gasteiger partial charge in [-0.15, -0.1) is 0 Å². The van der Waals surface area contributed by atoms with E-state index >= 15 is 0 Å². The fraction of sp³-hybridized carbons (Fsp3) is 0.0833. The molecule has 98 valence electrons. The molecule has 0 aliphatic rings. The molecule has 2 aromatic rings. The van der Waals surface area contributed by atoms with Gasteiger partial charge in [0, 0.05) is 12.7 Å². The van der Waals surface area contributed by atoms with Crippen molar-refractivity contribution >= 4 is 11.4 Å². The van der Waals surface area contributed by atoms with Crippen LogP contribution in [0.4, 0.5) is 20.2 Å². The number of aromatic nitrogens is 1. The first-order valence-corrected chi connectivity index (χ1v) is 5.34. The molecule has 0 aliphatic carbocycles. The highest BCUT2D eigenvalue weighted by atomic mass is 19.2. The third kappa shape index (κ3) is 3.01. The molecule has 2 rings (SSSR count). The topological polar surface area (TPSA) is 68.1 Å². The molecule has 0 atom stereocenters. The molecule has 0 radical (unpaired) electrons. The summed E-state index contributed by atoms with van der Waals surface area (Å²) in [5.41, 5.74) is 0.569. The number of hydrogen-bond donors (Lipinski definition) is 1. The van der Waals surface area contributed by atoms with E-state index in [9.17, 15) is 18.9 Å². The zero-order valence-corrected chi connectivity index (χ0v) is 9.64. The van der Waals surface area contributed by atoms with Gasteiger partial charge in [0.2, 0.25) is 0 Å². The van der Waals surface area contributed by atoms with Gasteiger partial charge in [-0.05, 0) is 23.8 Å². The largest absolute Gasteiger partial charge is 0.375 e. The van der Waals surface area contributed by atoms with Gasteiger partial charge in [-0.25, -0.2) is 8.78 Å². The lowest BCUT2D eigenvalue weighted by atomic mass is 10.2. The van der Waals surface area contributed by atoms with Crippen LogP contribution in [-0.4, -0.2) is 9.91 Å². The van der Waals surface area contributed by atoms with Crippen LogP contribution >= 0.6 is 0 Å². The molecule has 1 aromatic heterocycles. The zero-order valence-electron chi connectivity index (χ0n) is 9.64. The molecule has 19 heavy (non-hydrogen) atoms. The highest BCUT2D eigenvalue weighted by Crippen LogP contribution is 2.22. The molecule has 0 saturated carbocycles. The van der Waals surface area contributed by atoms with Crippen molar-refractivity contribution in [3.8, 4) is 0 Å². The molecule has 1 heterocycles. The standard InChI is InChI=1S/C12H9F2N3O2/c13-9-2-1-8(5-10(9)14)6-16-11-3-4-15-7-12(11)17(18)19/h1-5,7H,6H2,(H,15,16). The average Bonchev–Trinajstić information content (AvgIpc) is 2.40. The third-order valence-corrected chi connectivity index (χ3v) is 2.46. The van der Waals surface area contributed by atoms with Gasteiger partial charge in [0.05, 0.1) is 4.92 Å². The van der Waals surface area contributed by atoms with Gasteiger partial charge in [-0.3, -0.25) is 15.1 Å². The lowest BCUT2D eigenvalue weighted by Gasteiger charge is -2.07. The van der Waals surface area contributed by atoms with Gasteiger partial charge in [-0.1, -0.05) is 6.07 Å². The van der Waals surface area contributed by atoms with E-state index in [0.717, 1.165) is 18.3 Å². The summed E-state index contributed by atoms with van der Waals surface area (Å²) >= 11 is 0. The van der Waals surface area contributed by atoms with Gasteiger partial charge >= 0.3 is 5.69 Å². The Morgan fingerprint density at radius 2 is 2.05 bits per heavy atom. The van der Waals surface area contributed by atoms with Crippen LogP contribution in [0.1, 0.15) is 5.56 Å². The molecule has 0 aliphatic heterocycles. The Kier molecular flexibility index (Phi) is 3.65. The summed E-state index contributed by atoms with van der Waals surface area (Å²) in [6.45, 7) is 0.141. The number of rotatable bonds is 4. The number of benzene rings is 1. The van der Waals surface area contributed by atoms with Gasteiger partial charge < -0.3 is 5.32 Å². The summed E-state index contributed by atoms with van der Waals surface area (Å²) < 4.78 is 25.7. The molecule has 1 aromatic carbocycles. The summed E-state index contributed by atoms with van der Waals surface area (Å²) in [4.78, 5) is 13.8. The summed E-state index contributed by atoms with van der Waals surface area (Å²) in [7, 11) is 0. The summed E-state index contributed by atoms with van der Waals surface area (Å²) in [6, 6.07) is 4.89. The zero-order chi connectivity index (χ0) is 13.8. The molecule has 0 spiro atoms. The highest BCUT2D eigenvalue weighted by molar-refractivity contribution is 5.59. The number of hydrogen-bond acceptors (Lipinski definition) is 4. The van der Waals surface area contributed by atoms with Crippen LogP contribution in [-0.2, 0) is 6.54 Å². The number of nitrogens with zero attached hydrogens (tertiary/aromatic N) is 2. The quantitative estimate of drug-likeness (QED) is 0.681. The monoisotopic (exact) mass is 265 g/mol. The van der Waals surface area contributed by atoms with Crippen molar-refractivity contribution in [3.05, 3.63) is 64.0 Å². The van der Waals surface area contributed by atoms with Crippen LogP contribution in [0.5, 0.6) is 0 Å². The minimum atomic E-state index is -0.955. The van der Waals surface area contributed by atoms with Gasteiger partial charge in [-0.2, -0.15) is 0 Å². The van der Waals surface area contributed by atoms with E-state index in [2.05, 4.69) is 10.3 Å². The fourth-order valence-electron chi connectivity index (χ4n) is 1.53. The van der Waals surface area contributed by atoms with Crippen LogP contribution in [0, 0.1) is 21.7 Å². The van der Waals surface area contributed by atoms with E-state index in [0.29, 0.717) is 5.56 Å². The Balaban J connectivity index is 2.14. The van der Waals surface area contributed by atoms with Crippen molar-refractivity contribution in [2.75, 3.05) is 5.32 Å². The van der Waals surface area contributed by atoms with Crippen LogP contribution in [0.2, 0.25) is 0 Å². The van der Waals surface area contributed by atoms with Gasteiger partial charge in [0.15, 0.2) is 11.6 Å². The first-order valence-electron chi connectivity index (χ1n) is 5.34. The van der Waals surface area contributed by atoms with E-state index in [1.54, 1.807) is 0 Å². The summed E-state index contributed by atoms with van der Waals surface area (Å²) in [6.07, 6.45) is 2.52. The maximum absolute atomic E-state index is 13.0. The van der Waals surface area contributed by atoms with Crippen LogP contribution < -0.4 is 5.32 Å². The minimum absolute atomic E-state index is 0.141. The molecule has 5 nitrogen and oxygen atoms in total. The number of anilines is 1. The average molecular weight is 265 g/mol. The maximum Gasteiger partial charge on any atom is 0.310 e. The van der Waals surface area contributed by atoms with Crippen molar-refractivity contribution in [2.24, 2.45) is 0 Å². The molecular weight excluding hydrogens is 256 g/mol. The van der Waals surface area contributed by atoms with Crippen LogP contribution in [0.3, 0.4) is 0 Å². The number of pyridine rings is 1. The predicted octanol–water partition coefficient (Wildman–Crippen LogP) is 2.88. The Bertz CT molecular complexity index is 620. The Morgan fingerprint density at radius 1 is 1.26 bits per heavy atom. The summed E-state index contributed by atoms with van der Waals surface area (Å²) in [5.74, 6) is -1.89. The molecule has 0 bridgehead atoms. The van der Waals surface area contributed by atoms with Crippen molar-refractivity contribution in [1.82, 2.24) is 4.98 Å². The van der Waals surface area contributed by atoms with Crippen molar-refractivity contribution in [1.29, 1.82) is 0 Å². The fourth-order valence-corrected chi connectivity index (χ4v) is 1.53. The van der Waals surface area contributed by atoms with Crippen LogP contribution in [0.25, 0.3) is 0 Å². The molecule has 1 N–H and O–H groups in total.